The van der Waals surface area contributed by atoms with E-state index in [4.69, 9.17) is 4.74 Å². The van der Waals surface area contributed by atoms with Crippen molar-refractivity contribution in [2.45, 2.75) is 18.7 Å². The van der Waals surface area contributed by atoms with Gasteiger partial charge in [0.05, 0.1) is 12.7 Å². The average molecular weight is 239 g/mol. The monoisotopic (exact) mass is 239 g/mol. The second-order valence-electron chi connectivity index (χ2n) is 3.33. The van der Waals surface area contributed by atoms with Gasteiger partial charge in [-0.05, 0) is 26.0 Å². The molecule has 0 aliphatic rings. The molecule has 0 aromatic heterocycles. The summed E-state index contributed by atoms with van der Waals surface area (Å²) < 4.78 is 5.19. The predicted octanol–water partition coefficient (Wildman–Crippen LogP) is 2.47. The molecule has 0 heterocycles. The second-order valence-corrected chi connectivity index (χ2v) is 3.81. The molecular weight excluding hydrogens is 222 g/mol. The molecule has 0 bridgehead atoms. The Kier molecular flexibility index (Phi) is 4.68. The smallest absolute Gasteiger partial charge is 0.258 e. The summed E-state index contributed by atoms with van der Waals surface area (Å²) in [6, 6.07) is 5.39. The zero-order chi connectivity index (χ0) is 12.1. The summed E-state index contributed by atoms with van der Waals surface area (Å²) in [6.07, 6.45) is 0. The van der Waals surface area contributed by atoms with Gasteiger partial charge in [-0.2, -0.15) is 0 Å². The van der Waals surface area contributed by atoms with Gasteiger partial charge in [-0.3, -0.25) is 4.79 Å². The van der Waals surface area contributed by atoms with E-state index in [9.17, 15) is 4.79 Å². The Hall–Kier alpha value is -1.16. The molecular formula is C12H17NO2S. The van der Waals surface area contributed by atoms with Crippen LogP contribution >= 0.6 is 12.6 Å². The third kappa shape index (κ3) is 2.50. The van der Waals surface area contributed by atoms with Crippen LogP contribution < -0.4 is 4.74 Å². The van der Waals surface area contributed by atoms with Crippen LogP contribution in [0.3, 0.4) is 0 Å². The van der Waals surface area contributed by atoms with Gasteiger partial charge in [0.15, 0.2) is 0 Å². The molecule has 0 N–H and O–H groups in total. The van der Waals surface area contributed by atoms with Crippen molar-refractivity contribution >= 4 is 18.5 Å². The standard InChI is InChI=1S/C12H17NO2S/c1-4-13(5-2)12(14)11-9(15-3)7-6-8-10(11)16/h6-8,16H,4-5H2,1-3H3. The summed E-state index contributed by atoms with van der Waals surface area (Å²) in [5, 5.41) is 0. The van der Waals surface area contributed by atoms with Gasteiger partial charge in [-0.1, -0.05) is 6.07 Å². The highest BCUT2D eigenvalue weighted by molar-refractivity contribution is 7.80. The lowest BCUT2D eigenvalue weighted by atomic mass is 10.1. The maximum atomic E-state index is 12.2. The molecule has 88 valence electrons. The molecule has 0 spiro atoms. The Morgan fingerprint density at radius 1 is 1.38 bits per heavy atom. The molecule has 0 radical (unpaired) electrons. The van der Waals surface area contributed by atoms with Crippen molar-refractivity contribution in [3.63, 3.8) is 0 Å². The van der Waals surface area contributed by atoms with Gasteiger partial charge >= 0.3 is 0 Å². The van der Waals surface area contributed by atoms with E-state index in [1.807, 2.05) is 19.9 Å². The van der Waals surface area contributed by atoms with E-state index < -0.39 is 0 Å². The van der Waals surface area contributed by atoms with E-state index in [2.05, 4.69) is 12.6 Å². The lowest BCUT2D eigenvalue weighted by Crippen LogP contribution is -2.31. The van der Waals surface area contributed by atoms with Crippen molar-refractivity contribution in [3.05, 3.63) is 23.8 Å². The minimum absolute atomic E-state index is 0.0348. The van der Waals surface area contributed by atoms with E-state index in [0.29, 0.717) is 29.3 Å². The largest absolute Gasteiger partial charge is 0.496 e. The van der Waals surface area contributed by atoms with Crippen LogP contribution in [0.5, 0.6) is 5.75 Å². The summed E-state index contributed by atoms with van der Waals surface area (Å²) in [4.78, 5) is 14.6. The van der Waals surface area contributed by atoms with Gasteiger partial charge in [-0.25, -0.2) is 0 Å². The number of hydrogen-bond donors (Lipinski definition) is 1. The highest BCUT2D eigenvalue weighted by Crippen LogP contribution is 2.26. The number of nitrogens with zero attached hydrogens (tertiary/aromatic N) is 1. The third-order valence-electron chi connectivity index (χ3n) is 2.49. The highest BCUT2D eigenvalue weighted by Gasteiger charge is 2.19. The first kappa shape index (κ1) is 12.9. The first-order valence-electron chi connectivity index (χ1n) is 5.30. The van der Waals surface area contributed by atoms with Crippen molar-refractivity contribution in [1.29, 1.82) is 0 Å². The molecule has 1 aromatic carbocycles. The number of rotatable bonds is 4. The van der Waals surface area contributed by atoms with Crippen LogP contribution in [0.2, 0.25) is 0 Å². The summed E-state index contributed by atoms with van der Waals surface area (Å²) >= 11 is 4.31. The van der Waals surface area contributed by atoms with Crippen LogP contribution in [0, 0.1) is 0 Å². The average Bonchev–Trinajstić information content (AvgIpc) is 2.29. The first-order chi connectivity index (χ1) is 7.65. The topological polar surface area (TPSA) is 29.5 Å². The fourth-order valence-corrected chi connectivity index (χ4v) is 1.87. The SMILES string of the molecule is CCN(CC)C(=O)c1c(S)cccc1OC. The molecule has 0 atom stereocenters. The number of hydrogen-bond acceptors (Lipinski definition) is 3. The molecule has 3 nitrogen and oxygen atoms in total. The second kappa shape index (κ2) is 5.80. The first-order valence-corrected chi connectivity index (χ1v) is 5.75. The highest BCUT2D eigenvalue weighted by atomic mass is 32.1. The Bertz CT molecular complexity index is 375. The van der Waals surface area contributed by atoms with Crippen molar-refractivity contribution in [2.75, 3.05) is 20.2 Å². The number of benzene rings is 1. The van der Waals surface area contributed by atoms with Crippen molar-refractivity contribution in [2.24, 2.45) is 0 Å². The van der Waals surface area contributed by atoms with Crippen LogP contribution in [0.4, 0.5) is 0 Å². The summed E-state index contributed by atoms with van der Waals surface area (Å²) in [5.41, 5.74) is 0.539. The normalized spacial score (nSPS) is 10.0. The van der Waals surface area contributed by atoms with E-state index in [0.717, 1.165) is 0 Å². The summed E-state index contributed by atoms with van der Waals surface area (Å²) in [7, 11) is 1.56. The van der Waals surface area contributed by atoms with E-state index in [1.165, 1.54) is 0 Å². The van der Waals surface area contributed by atoms with Crippen LogP contribution in [-0.4, -0.2) is 31.0 Å². The lowest BCUT2D eigenvalue weighted by Gasteiger charge is -2.20. The van der Waals surface area contributed by atoms with E-state index in [-0.39, 0.29) is 5.91 Å². The van der Waals surface area contributed by atoms with Crippen molar-refractivity contribution in [3.8, 4) is 5.75 Å². The maximum absolute atomic E-state index is 12.2. The molecule has 0 aliphatic heterocycles. The number of thiol groups is 1. The van der Waals surface area contributed by atoms with Crippen LogP contribution in [-0.2, 0) is 0 Å². The zero-order valence-electron chi connectivity index (χ0n) is 9.86. The van der Waals surface area contributed by atoms with Crippen LogP contribution in [0.25, 0.3) is 0 Å². The Morgan fingerprint density at radius 3 is 2.50 bits per heavy atom. The molecule has 16 heavy (non-hydrogen) atoms. The zero-order valence-corrected chi connectivity index (χ0v) is 10.8. The van der Waals surface area contributed by atoms with Crippen LogP contribution in [0.15, 0.2) is 23.1 Å². The number of ether oxygens (including phenoxy) is 1. The van der Waals surface area contributed by atoms with Gasteiger partial charge in [-0.15, -0.1) is 12.6 Å². The molecule has 4 heteroatoms. The minimum Gasteiger partial charge on any atom is -0.496 e. The molecule has 0 unspecified atom stereocenters. The van der Waals surface area contributed by atoms with Crippen molar-refractivity contribution < 1.29 is 9.53 Å². The molecule has 0 aliphatic carbocycles. The Balaban J connectivity index is 3.16. The minimum atomic E-state index is -0.0348. The number of carbonyl (C=O) groups excluding carboxylic acids is 1. The lowest BCUT2D eigenvalue weighted by molar-refractivity contribution is 0.0766. The molecule has 1 amide bonds. The van der Waals surface area contributed by atoms with E-state index >= 15 is 0 Å². The Labute approximate surface area is 102 Å². The van der Waals surface area contributed by atoms with Gasteiger partial charge in [0.1, 0.15) is 5.75 Å². The molecule has 0 saturated carbocycles. The quantitative estimate of drug-likeness (QED) is 0.818. The molecule has 0 saturated heterocycles. The maximum Gasteiger partial charge on any atom is 0.258 e. The fraction of sp³-hybridized carbons (Fsp3) is 0.417. The summed E-state index contributed by atoms with van der Waals surface area (Å²) in [6.45, 7) is 5.27. The molecule has 1 rings (SSSR count). The summed E-state index contributed by atoms with van der Waals surface area (Å²) in [5.74, 6) is 0.539. The van der Waals surface area contributed by atoms with E-state index in [1.54, 1.807) is 24.1 Å². The predicted molar refractivity (Wildman–Crippen MR) is 67.5 cm³/mol. The van der Waals surface area contributed by atoms with Gasteiger partial charge in [0.25, 0.3) is 5.91 Å². The van der Waals surface area contributed by atoms with Gasteiger partial charge in [0.2, 0.25) is 0 Å². The molecule has 1 aromatic rings. The van der Waals surface area contributed by atoms with Gasteiger partial charge in [0, 0.05) is 18.0 Å². The van der Waals surface area contributed by atoms with Crippen molar-refractivity contribution in [1.82, 2.24) is 4.90 Å². The number of carbonyl (C=O) groups is 1. The van der Waals surface area contributed by atoms with Crippen LogP contribution in [0.1, 0.15) is 24.2 Å². The Morgan fingerprint density at radius 2 is 2.00 bits per heavy atom. The fourth-order valence-electron chi connectivity index (χ4n) is 1.57. The third-order valence-corrected chi connectivity index (χ3v) is 2.86. The van der Waals surface area contributed by atoms with Gasteiger partial charge < -0.3 is 9.64 Å². The number of amides is 1. The number of methoxy groups -OCH3 is 1. The molecule has 0 fully saturated rings.